The molecule has 2 N–H and O–H groups in total. The standard InChI is InChI=1S/C32H23F3N6O2/c33-32(34,35)24-14-10-20(11-15-24)25-8-4-5-9-26(25)31(43)40-29-17-13-22-18-23(12-16-27(22)38-29)30(42)39-28(19-37-41-36)21-6-2-1-3-7-21/h1-18,28H,19H2,(H,39,42)(H,38,40,43)/t28-/m1/s1. The molecule has 0 saturated heterocycles. The molecule has 0 saturated carbocycles. The minimum atomic E-state index is -4.46. The van der Waals surface area contributed by atoms with Crippen molar-refractivity contribution in [1.29, 1.82) is 0 Å². The molecule has 43 heavy (non-hydrogen) atoms. The van der Waals surface area contributed by atoms with Crippen LogP contribution in [0.15, 0.2) is 114 Å². The zero-order valence-electron chi connectivity index (χ0n) is 22.4. The number of nitrogens with one attached hydrogen (secondary N) is 2. The van der Waals surface area contributed by atoms with Crippen molar-refractivity contribution in [2.75, 3.05) is 11.9 Å². The maximum absolute atomic E-state index is 13.2. The zero-order chi connectivity index (χ0) is 30.4. The van der Waals surface area contributed by atoms with Crippen LogP contribution >= 0.6 is 0 Å². The minimum Gasteiger partial charge on any atom is -0.345 e. The van der Waals surface area contributed by atoms with Crippen molar-refractivity contribution in [3.05, 3.63) is 142 Å². The molecule has 1 atom stereocenters. The molecular weight excluding hydrogens is 557 g/mol. The van der Waals surface area contributed by atoms with Gasteiger partial charge in [-0.1, -0.05) is 65.8 Å². The van der Waals surface area contributed by atoms with E-state index in [0.29, 0.717) is 27.6 Å². The molecule has 4 aromatic carbocycles. The first-order chi connectivity index (χ1) is 20.7. The molecule has 0 aliphatic rings. The Hall–Kier alpha value is -5.67. The summed E-state index contributed by atoms with van der Waals surface area (Å²) in [4.78, 5) is 33.5. The van der Waals surface area contributed by atoms with Crippen LogP contribution in [0.2, 0.25) is 0 Å². The molecule has 1 heterocycles. The third kappa shape index (κ3) is 6.80. The lowest BCUT2D eigenvalue weighted by Crippen LogP contribution is -2.30. The first-order valence-electron chi connectivity index (χ1n) is 13.1. The number of aromatic nitrogens is 1. The Morgan fingerprint density at radius 1 is 0.860 bits per heavy atom. The van der Waals surface area contributed by atoms with E-state index < -0.39 is 23.7 Å². The summed E-state index contributed by atoms with van der Waals surface area (Å²) >= 11 is 0. The average Bonchev–Trinajstić information content (AvgIpc) is 3.02. The Balaban J connectivity index is 1.33. The number of rotatable bonds is 8. The van der Waals surface area contributed by atoms with Gasteiger partial charge in [-0.15, -0.1) is 0 Å². The number of hydrogen-bond donors (Lipinski definition) is 2. The second kappa shape index (κ2) is 12.5. The first-order valence-corrected chi connectivity index (χ1v) is 13.1. The number of carbonyl (C=O) groups excluding carboxylic acids is 2. The molecule has 5 rings (SSSR count). The van der Waals surface area contributed by atoms with Crippen LogP contribution < -0.4 is 10.6 Å². The molecular formula is C32H23F3N6O2. The van der Waals surface area contributed by atoms with Gasteiger partial charge < -0.3 is 10.6 Å². The van der Waals surface area contributed by atoms with Crippen LogP contribution in [0.25, 0.3) is 32.5 Å². The van der Waals surface area contributed by atoms with Gasteiger partial charge in [-0.3, -0.25) is 9.59 Å². The summed E-state index contributed by atoms with van der Waals surface area (Å²) in [6.45, 7) is 0.0481. The van der Waals surface area contributed by atoms with E-state index in [9.17, 15) is 22.8 Å². The highest BCUT2D eigenvalue weighted by atomic mass is 19.4. The molecule has 5 aromatic rings. The van der Waals surface area contributed by atoms with Crippen LogP contribution in [0, 0.1) is 0 Å². The molecule has 0 unspecified atom stereocenters. The van der Waals surface area contributed by atoms with Crippen LogP contribution in [0.4, 0.5) is 19.0 Å². The Labute approximate surface area is 243 Å². The Morgan fingerprint density at radius 2 is 1.58 bits per heavy atom. The van der Waals surface area contributed by atoms with E-state index in [2.05, 4.69) is 25.6 Å². The van der Waals surface area contributed by atoms with E-state index in [1.807, 2.05) is 30.3 Å². The lowest BCUT2D eigenvalue weighted by atomic mass is 9.98. The monoisotopic (exact) mass is 580 g/mol. The normalized spacial score (nSPS) is 11.8. The molecule has 0 aliphatic heterocycles. The number of anilines is 1. The highest BCUT2D eigenvalue weighted by Crippen LogP contribution is 2.32. The Morgan fingerprint density at radius 3 is 2.30 bits per heavy atom. The van der Waals surface area contributed by atoms with Crippen LogP contribution in [-0.2, 0) is 6.18 Å². The van der Waals surface area contributed by atoms with Crippen molar-refractivity contribution >= 4 is 28.5 Å². The summed E-state index contributed by atoms with van der Waals surface area (Å²) in [6.07, 6.45) is -4.46. The lowest BCUT2D eigenvalue weighted by Gasteiger charge is -2.17. The number of pyridine rings is 1. The molecule has 1 aromatic heterocycles. The van der Waals surface area contributed by atoms with Crippen molar-refractivity contribution in [3.63, 3.8) is 0 Å². The van der Waals surface area contributed by atoms with Gasteiger partial charge in [0.05, 0.1) is 23.7 Å². The van der Waals surface area contributed by atoms with E-state index in [0.717, 1.165) is 17.7 Å². The Kier molecular flexibility index (Phi) is 8.36. The van der Waals surface area contributed by atoms with Gasteiger partial charge in [-0.25, -0.2) is 4.98 Å². The molecule has 11 heteroatoms. The SMILES string of the molecule is [N-]=[N+]=NC[C@@H](NC(=O)c1ccc2nc(NC(=O)c3ccccc3-c3ccc(C(F)(F)F)cc3)ccc2c1)c1ccccc1. The quantitative estimate of drug-likeness (QED) is 0.110. The summed E-state index contributed by atoms with van der Waals surface area (Å²) in [5.41, 5.74) is 10.9. The van der Waals surface area contributed by atoms with Crippen molar-refractivity contribution < 1.29 is 22.8 Å². The summed E-state index contributed by atoms with van der Waals surface area (Å²) in [6, 6.07) is 28.1. The molecule has 8 nitrogen and oxygen atoms in total. The van der Waals surface area contributed by atoms with Gasteiger partial charge in [0.2, 0.25) is 0 Å². The number of amides is 2. The van der Waals surface area contributed by atoms with E-state index >= 15 is 0 Å². The molecule has 0 bridgehead atoms. The molecule has 214 valence electrons. The van der Waals surface area contributed by atoms with Crippen LogP contribution in [0.5, 0.6) is 0 Å². The lowest BCUT2D eigenvalue weighted by molar-refractivity contribution is -0.137. The van der Waals surface area contributed by atoms with Crippen LogP contribution in [0.3, 0.4) is 0 Å². The molecule has 0 spiro atoms. The predicted molar refractivity (Wildman–Crippen MR) is 157 cm³/mol. The van der Waals surface area contributed by atoms with E-state index in [4.69, 9.17) is 5.53 Å². The third-order valence-electron chi connectivity index (χ3n) is 6.72. The number of benzene rings is 4. The number of halogens is 3. The smallest absolute Gasteiger partial charge is 0.345 e. The fraction of sp³-hybridized carbons (Fsp3) is 0.0938. The highest BCUT2D eigenvalue weighted by molar-refractivity contribution is 6.08. The maximum atomic E-state index is 13.2. The second-order valence-corrected chi connectivity index (χ2v) is 9.53. The van der Waals surface area contributed by atoms with Crippen molar-refractivity contribution in [2.24, 2.45) is 5.11 Å². The van der Waals surface area contributed by atoms with Crippen LogP contribution in [-0.4, -0.2) is 23.3 Å². The van der Waals surface area contributed by atoms with E-state index in [1.165, 1.54) is 12.1 Å². The van der Waals surface area contributed by atoms with Gasteiger partial charge >= 0.3 is 6.18 Å². The molecule has 0 radical (unpaired) electrons. The molecule has 0 aliphatic carbocycles. The number of nitrogens with zero attached hydrogens (tertiary/aromatic N) is 4. The first kappa shape index (κ1) is 28.8. The van der Waals surface area contributed by atoms with Crippen molar-refractivity contribution in [2.45, 2.75) is 12.2 Å². The van der Waals surface area contributed by atoms with Gasteiger partial charge in [0.15, 0.2) is 0 Å². The fourth-order valence-corrected chi connectivity index (χ4v) is 4.57. The maximum Gasteiger partial charge on any atom is 0.416 e. The fourth-order valence-electron chi connectivity index (χ4n) is 4.57. The zero-order valence-corrected chi connectivity index (χ0v) is 22.4. The van der Waals surface area contributed by atoms with Gasteiger partial charge in [0.25, 0.3) is 11.8 Å². The summed E-state index contributed by atoms with van der Waals surface area (Å²) in [5.74, 6) is -0.582. The summed E-state index contributed by atoms with van der Waals surface area (Å²) in [5, 5.41) is 9.92. The number of alkyl halides is 3. The largest absolute Gasteiger partial charge is 0.416 e. The third-order valence-corrected chi connectivity index (χ3v) is 6.72. The van der Waals surface area contributed by atoms with E-state index in [-0.39, 0.29) is 23.8 Å². The Bertz CT molecular complexity index is 1840. The van der Waals surface area contributed by atoms with Gasteiger partial charge in [-0.2, -0.15) is 13.2 Å². The average molecular weight is 581 g/mol. The van der Waals surface area contributed by atoms with Gasteiger partial charge in [0.1, 0.15) is 5.82 Å². The topological polar surface area (TPSA) is 120 Å². The van der Waals surface area contributed by atoms with Crippen molar-refractivity contribution in [3.8, 4) is 11.1 Å². The number of carbonyl (C=O) groups is 2. The predicted octanol–water partition coefficient (Wildman–Crippen LogP) is 7.95. The number of fused-ring (bicyclic) bond motifs is 1. The second-order valence-electron chi connectivity index (χ2n) is 9.53. The summed E-state index contributed by atoms with van der Waals surface area (Å²) in [7, 11) is 0. The molecule has 2 amide bonds. The van der Waals surface area contributed by atoms with Gasteiger partial charge in [-0.05, 0) is 70.8 Å². The highest BCUT2D eigenvalue weighted by Gasteiger charge is 2.30. The number of azide groups is 1. The molecule has 0 fully saturated rings. The van der Waals surface area contributed by atoms with E-state index in [1.54, 1.807) is 54.6 Å². The van der Waals surface area contributed by atoms with Crippen LogP contribution in [0.1, 0.15) is 37.9 Å². The summed E-state index contributed by atoms with van der Waals surface area (Å²) < 4.78 is 39.0. The number of hydrogen-bond acceptors (Lipinski definition) is 4. The van der Waals surface area contributed by atoms with Crippen molar-refractivity contribution in [1.82, 2.24) is 10.3 Å². The van der Waals surface area contributed by atoms with Gasteiger partial charge in [0, 0.05) is 21.4 Å². The minimum absolute atomic E-state index is 0.0481.